The number of ether oxygens (including phenoxy) is 1. The van der Waals surface area contributed by atoms with Crippen molar-refractivity contribution in [3.63, 3.8) is 0 Å². The molecular formula is C20H17F2NO3. The Morgan fingerprint density at radius 2 is 1.73 bits per heavy atom. The Bertz CT molecular complexity index is 942. The molecule has 1 aromatic heterocycles. The number of fused-ring (bicyclic) bond motifs is 1. The Morgan fingerprint density at radius 3 is 2.31 bits per heavy atom. The predicted octanol–water partition coefficient (Wildman–Crippen LogP) is 4.14. The van der Waals surface area contributed by atoms with Crippen LogP contribution in [0.25, 0.3) is 0 Å². The number of pyridine rings is 1. The summed E-state index contributed by atoms with van der Waals surface area (Å²) >= 11 is 0. The molecule has 0 spiro atoms. The number of Topliss-reactive ketones (excluding diaryl/α,β-unsaturated/α-hetero) is 2. The van der Waals surface area contributed by atoms with E-state index >= 15 is 0 Å². The van der Waals surface area contributed by atoms with Gasteiger partial charge in [-0.05, 0) is 13.0 Å². The number of benzene rings is 1. The summed E-state index contributed by atoms with van der Waals surface area (Å²) in [5.74, 6) is -3.65. The average Bonchev–Trinajstić information content (AvgIpc) is 2.62. The van der Waals surface area contributed by atoms with Crippen molar-refractivity contribution in [2.24, 2.45) is 0 Å². The summed E-state index contributed by atoms with van der Waals surface area (Å²) < 4.78 is 32.6. The van der Waals surface area contributed by atoms with Crippen LogP contribution in [-0.2, 0) is 12.3 Å². The zero-order chi connectivity index (χ0) is 19.1. The molecule has 0 aliphatic heterocycles. The van der Waals surface area contributed by atoms with Gasteiger partial charge in [0.2, 0.25) is 0 Å². The topological polar surface area (TPSA) is 56.3 Å². The molecule has 0 N–H and O–H groups in total. The lowest BCUT2D eigenvalue weighted by atomic mass is 9.83. The maximum atomic E-state index is 13.8. The molecule has 1 aliphatic rings. The molecule has 0 bridgehead atoms. The molecule has 0 amide bonds. The largest absolute Gasteiger partial charge is 0.495 e. The average molecular weight is 357 g/mol. The van der Waals surface area contributed by atoms with Gasteiger partial charge in [0.05, 0.1) is 18.9 Å². The smallest absolute Gasteiger partial charge is 0.274 e. The number of allylic oxidation sites excluding steroid dienone is 2. The van der Waals surface area contributed by atoms with E-state index in [1.807, 2.05) is 0 Å². The molecular weight excluding hydrogens is 340 g/mol. The standard InChI is InChI=1S/C20H17F2NO3/c1-11-15(19(25)14-7-5-4-6-13(14)18(11)24)8-12-9-16(20(2,21)22)17(26-3)10-23-12/h4-7,9-10H,8H2,1-3H3. The molecule has 1 aromatic carbocycles. The maximum Gasteiger partial charge on any atom is 0.274 e. The van der Waals surface area contributed by atoms with Gasteiger partial charge in [0.1, 0.15) is 5.75 Å². The van der Waals surface area contributed by atoms with Crippen LogP contribution in [0.4, 0.5) is 8.78 Å². The first-order chi connectivity index (χ1) is 12.2. The summed E-state index contributed by atoms with van der Waals surface area (Å²) in [6, 6.07) is 7.80. The van der Waals surface area contributed by atoms with Crippen LogP contribution >= 0.6 is 0 Å². The van der Waals surface area contributed by atoms with Gasteiger partial charge >= 0.3 is 0 Å². The third kappa shape index (κ3) is 3.03. The molecule has 0 saturated carbocycles. The zero-order valence-electron chi connectivity index (χ0n) is 14.6. The Hall–Kier alpha value is -2.89. The summed E-state index contributed by atoms with van der Waals surface area (Å²) in [5.41, 5.74) is 1.25. The van der Waals surface area contributed by atoms with E-state index in [-0.39, 0.29) is 40.6 Å². The molecule has 0 atom stereocenters. The molecule has 6 heteroatoms. The Balaban J connectivity index is 2.03. The fraction of sp³-hybridized carbons (Fsp3) is 0.250. The Kier molecular flexibility index (Phi) is 4.44. The number of alkyl halides is 2. The van der Waals surface area contributed by atoms with Crippen molar-refractivity contribution in [2.75, 3.05) is 7.11 Å². The number of ketones is 2. The minimum atomic E-state index is -3.12. The molecule has 0 unspecified atom stereocenters. The molecule has 1 aliphatic carbocycles. The van der Waals surface area contributed by atoms with E-state index in [0.29, 0.717) is 16.7 Å². The first-order valence-corrected chi connectivity index (χ1v) is 8.03. The zero-order valence-corrected chi connectivity index (χ0v) is 14.6. The predicted molar refractivity (Wildman–Crippen MR) is 91.9 cm³/mol. The monoisotopic (exact) mass is 357 g/mol. The molecule has 134 valence electrons. The molecule has 2 aromatic rings. The number of rotatable bonds is 4. The highest BCUT2D eigenvalue weighted by molar-refractivity contribution is 6.26. The van der Waals surface area contributed by atoms with E-state index in [1.54, 1.807) is 31.2 Å². The maximum absolute atomic E-state index is 13.8. The van der Waals surface area contributed by atoms with Crippen LogP contribution in [0.3, 0.4) is 0 Å². The normalized spacial score (nSPS) is 14.5. The van der Waals surface area contributed by atoms with Crippen LogP contribution in [0.15, 0.2) is 47.7 Å². The first-order valence-electron chi connectivity index (χ1n) is 8.03. The third-order valence-corrected chi connectivity index (χ3v) is 4.46. The molecule has 4 nitrogen and oxygen atoms in total. The number of hydrogen-bond donors (Lipinski definition) is 0. The summed E-state index contributed by atoms with van der Waals surface area (Å²) in [7, 11) is 1.29. The van der Waals surface area contributed by atoms with Crippen LogP contribution in [0.5, 0.6) is 5.75 Å². The first kappa shape index (κ1) is 17.9. The van der Waals surface area contributed by atoms with Gasteiger partial charge in [0, 0.05) is 41.3 Å². The van der Waals surface area contributed by atoms with E-state index in [0.717, 1.165) is 6.92 Å². The van der Waals surface area contributed by atoms with Gasteiger partial charge in [0.25, 0.3) is 5.92 Å². The SMILES string of the molecule is COc1cnc(CC2=C(C)C(=O)c3ccccc3C2=O)cc1C(C)(F)F. The summed E-state index contributed by atoms with van der Waals surface area (Å²) in [6.07, 6.45) is 1.21. The van der Waals surface area contributed by atoms with Crippen molar-refractivity contribution in [2.45, 2.75) is 26.2 Å². The number of carbonyl (C=O) groups excluding carboxylic acids is 2. The van der Waals surface area contributed by atoms with Gasteiger partial charge in [-0.3, -0.25) is 14.6 Å². The van der Waals surface area contributed by atoms with Gasteiger partial charge in [-0.15, -0.1) is 0 Å². The third-order valence-electron chi connectivity index (χ3n) is 4.46. The summed E-state index contributed by atoms with van der Waals surface area (Å²) in [4.78, 5) is 29.4. The lowest BCUT2D eigenvalue weighted by molar-refractivity contribution is 0.0148. The summed E-state index contributed by atoms with van der Waals surface area (Å²) in [5, 5.41) is 0. The fourth-order valence-corrected chi connectivity index (χ4v) is 3.03. The van der Waals surface area contributed by atoms with Crippen molar-refractivity contribution >= 4 is 11.6 Å². The number of carbonyl (C=O) groups is 2. The number of hydrogen-bond acceptors (Lipinski definition) is 4. The van der Waals surface area contributed by atoms with Crippen LogP contribution in [0.2, 0.25) is 0 Å². The van der Waals surface area contributed by atoms with Crippen molar-refractivity contribution in [3.05, 3.63) is 70.1 Å². The van der Waals surface area contributed by atoms with Crippen molar-refractivity contribution in [1.82, 2.24) is 4.98 Å². The fourth-order valence-electron chi connectivity index (χ4n) is 3.03. The molecule has 0 radical (unpaired) electrons. The second-order valence-corrected chi connectivity index (χ2v) is 6.25. The second kappa shape index (κ2) is 6.44. The number of nitrogens with zero attached hydrogens (tertiary/aromatic N) is 1. The number of aromatic nitrogens is 1. The van der Waals surface area contributed by atoms with E-state index in [9.17, 15) is 18.4 Å². The number of halogens is 2. The lowest BCUT2D eigenvalue weighted by Crippen LogP contribution is -2.22. The lowest BCUT2D eigenvalue weighted by Gasteiger charge is -2.20. The summed E-state index contributed by atoms with van der Waals surface area (Å²) in [6.45, 7) is 2.34. The van der Waals surface area contributed by atoms with Crippen molar-refractivity contribution in [1.29, 1.82) is 0 Å². The van der Waals surface area contributed by atoms with Crippen LogP contribution < -0.4 is 4.74 Å². The van der Waals surface area contributed by atoms with E-state index in [1.165, 1.54) is 19.4 Å². The molecule has 0 fully saturated rings. The van der Waals surface area contributed by atoms with Crippen LogP contribution in [0.1, 0.15) is 45.8 Å². The van der Waals surface area contributed by atoms with Gasteiger partial charge in [-0.25, -0.2) is 8.78 Å². The molecule has 26 heavy (non-hydrogen) atoms. The van der Waals surface area contributed by atoms with Crippen molar-refractivity contribution < 1.29 is 23.1 Å². The number of methoxy groups -OCH3 is 1. The minimum Gasteiger partial charge on any atom is -0.495 e. The Morgan fingerprint density at radius 1 is 1.12 bits per heavy atom. The highest BCUT2D eigenvalue weighted by Gasteiger charge is 2.32. The van der Waals surface area contributed by atoms with Gasteiger partial charge in [-0.2, -0.15) is 0 Å². The van der Waals surface area contributed by atoms with Gasteiger partial charge < -0.3 is 4.74 Å². The minimum absolute atomic E-state index is 0.00217. The highest BCUT2D eigenvalue weighted by Crippen LogP contribution is 2.35. The van der Waals surface area contributed by atoms with E-state index < -0.39 is 5.92 Å². The van der Waals surface area contributed by atoms with Crippen LogP contribution in [0, 0.1) is 0 Å². The second-order valence-electron chi connectivity index (χ2n) is 6.25. The van der Waals surface area contributed by atoms with E-state index in [4.69, 9.17) is 4.74 Å². The molecule has 3 rings (SSSR count). The molecule has 0 saturated heterocycles. The van der Waals surface area contributed by atoms with Gasteiger partial charge in [-0.1, -0.05) is 24.3 Å². The quantitative estimate of drug-likeness (QED) is 0.825. The van der Waals surface area contributed by atoms with Crippen molar-refractivity contribution in [3.8, 4) is 5.75 Å². The highest BCUT2D eigenvalue weighted by atomic mass is 19.3. The van der Waals surface area contributed by atoms with Gasteiger partial charge in [0.15, 0.2) is 11.6 Å². The van der Waals surface area contributed by atoms with Crippen LogP contribution in [-0.4, -0.2) is 23.7 Å². The van der Waals surface area contributed by atoms with E-state index in [2.05, 4.69) is 4.98 Å². The Labute approximate surface area is 149 Å². The molecule has 1 heterocycles.